The van der Waals surface area contributed by atoms with Gasteiger partial charge in [-0.3, -0.25) is 9.69 Å². The number of rotatable bonds is 4. The maximum atomic E-state index is 12.9. The summed E-state index contributed by atoms with van der Waals surface area (Å²) in [7, 11) is 0. The van der Waals surface area contributed by atoms with Crippen molar-refractivity contribution in [2.24, 2.45) is 11.8 Å². The third kappa shape index (κ3) is 3.99. The smallest absolute Gasteiger partial charge is 0.257 e. The first kappa shape index (κ1) is 17.5. The number of amides is 1. The topological polar surface area (TPSA) is 66.2 Å². The van der Waals surface area contributed by atoms with E-state index in [9.17, 15) is 9.90 Å². The summed E-state index contributed by atoms with van der Waals surface area (Å²) in [5, 5.41) is 9.65. The summed E-state index contributed by atoms with van der Waals surface area (Å²) in [5.74, 6) is 2.01. The molecule has 0 spiro atoms. The minimum atomic E-state index is 0.0227. The van der Waals surface area contributed by atoms with Gasteiger partial charge in [-0.05, 0) is 38.2 Å². The number of morpholine rings is 1. The van der Waals surface area contributed by atoms with E-state index >= 15 is 0 Å². The lowest BCUT2D eigenvalue weighted by Crippen LogP contribution is -2.49. The molecule has 0 unspecified atom stereocenters. The van der Waals surface area contributed by atoms with Crippen LogP contribution in [0.2, 0.25) is 0 Å². The molecule has 1 aromatic heterocycles. The minimum absolute atomic E-state index is 0.0227. The molecular formula is C18H28N2O4. The molecule has 1 N–H and O–H groups in total. The van der Waals surface area contributed by atoms with E-state index in [0.29, 0.717) is 23.8 Å². The number of aryl methyl sites for hydroxylation is 2. The molecule has 0 bridgehead atoms. The summed E-state index contributed by atoms with van der Waals surface area (Å²) in [4.78, 5) is 17.2. The average molecular weight is 336 g/mol. The number of nitrogens with zero attached hydrogens (tertiary/aromatic N) is 2. The maximum Gasteiger partial charge on any atom is 0.257 e. The third-order valence-electron chi connectivity index (χ3n) is 5.06. The Morgan fingerprint density at radius 2 is 1.96 bits per heavy atom. The molecular weight excluding hydrogens is 308 g/mol. The second-order valence-corrected chi connectivity index (χ2v) is 7.10. The minimum Gasteiger partial charge on any atom is -0.466 e. The predicted molar refractivity (Wildman–Crippen MR) is 90.0 cm³/mol. The quantitative estimate of drug-likeness (QED) is 0.898. The van der Waals surface area contributed by atoms with Crippen molar-refractivity contribution < 1.29 is 19.1 Å². The van der Waals surface area contributed by atoms with Crippen molar-refractivity contribution >= 4 is 5.91 Å². The van der Waals surface area contributed by atoms with Gasteiger partial charge in [0.05, 0.1) is 18.8 Å². The Labute approximate surface area is 143 Å². The van der Waals surface area contributed by atoms with Gasteiger partial charge in [0.2, 0.25) is 0 Å². The van der Waals surface area contributed by atoms with Crippen molar-refractivity contribution in [2.45, 2.75) is 20.3 Å². The van der Waals surface area contributed by atoms with Crippen LogP contribution < -0.4 is 0 Å². The number of furan rings is 1. The van der Waals surface area contributed by atoms with Gasteiger partial charge in [0.1, 0.15) is 11.5 Å². The highest BCUT2D eigenvalue weighted by atomic mass is 16.5. The lowest BCUT2D eigenvalue weighted by atomic mass is 9.88. The fourth-order valence-electron chi connectivity index (χ4n) is 3.91. The summed E-state index contributed by atoms with van der Waals surface area (Å²) >= 11 is 0. The fourth-order valence-corrected chi connectivity index (χ4v) is 3.91. The van der Waals surface area contributed by atoms with E-state index in [4.69, 9.17) is 9.15 Å². The molecule has 0 radical (unpaired) electrons. The van der Waals surface area contributed by atoms with Gasteiger partial charge in [0.25, 0.3) is 5.91 Å². The van der Waals surface area contributed by atoms with Gasteiger partial charge in [-0.15, -0.1) is 0 Å². The number of likely N-dealkylation sites (tertiary alicyclic amines) is 1. The lowest BCUT2D eigenvalue weighted by Gasteiger charge is -2.40. The average Bonchev–Trinajstić information content (AvgIpc) is 2.93. The SMILES string of the molecule is Cc1cc(C(=O)N2C[C@H](CO)C[C@H](CN3CCOCC3)C2)c(C)o1. The van der Waals surface area contributed by atoms with Gasteiger partial charge in [0, 0.05) is 39.3 Å². The number of carbonyl (C=O) groups excluding carboxylic acids is 1. The van der Waals surface area contributed by atoms with Crippen LogP contribution in [0.1, 0.15) is 28.3 Å². The summed E-state index contributed by atoms with van der Waals surface area (Å²) in [6, 6.07) is 1.82. The van der Waals surface area contributed by atoms with E-state index in [1.165, 1.54) is 0 Å². The molecule has 0 saturated carbocycles. The molecule has 1 amide bonds. The number of hydrogen-bond donors (Lipinski definition) is 1. The highest BCUT2D eigenvalue weighted by molar-refractivity contribution is 5.95. The van der Waals surface area contributed by atoms with E-state index in [0.717, 1.165) is 51.6 Å². The molecule has 2 aliphatic rings. The van der Waals surface area contributed by atoms with E-state index < -0.39 is 0 Å². The summed E-state index contributed by atoms with van der Waals surface area (Å²) in [5.41, 5.74) is 0.649. The van der Waals surface area contributed by atoms with Crippen molar-refractivity contribution in [3.05, 3.63) is 23.2 Å². The Hall–Kier alpha value is -1.37. The standard InChI is InChI=1S/C18H28N2O4/c1-13-7-17(14(2)24-13)18(22)20-10-15(8-16(11-20)12-21)9-19-3-5-23-6-4-19/h7,15-16,21H,3-6,8-12H2,1-2H3/t15-,16-/m1/s1. The van der Waals surface area contributed by atoms with Crippen molar-refractivity contribution in [1.82, 2.24) is 9.80 Å². The molecule has 3 heterocycles. The number of piperidine rings is 1. The molecule has 1 aromatic rings. The van der Waals surface area contributed by atoms with Crippen LogP contribution in [-0.4, -0.2) is 73.4 Å². The molecule has 6 nitrogen and oxygen atoms in total. The third-order valence-corrected chi connectivity index (χ3v) is 5.06. The fraction of sp³-hybridized carbons (Fsp3) is 0.722. The Morgan fingerprint density at radius 3 is 2.58 bits per heavy atom. The number of hydrogen-bond acceptors (Lipinski definition) is 5. The highest BCUT2D eigenvalue weighted by Crippen LogP contribution is 2.26. The molecule has 0 aliphatic carbocycles. The number of aliphatic hydroxyl groups is 1. The monoisotopic (exact) mass is 336 g/mol. The summed E-state index contributed by atoms with van der Waals surface area (Å²) < 4.78 is 10.9. The van der Waals surface area contributed by atoms with Crippen LogP contribution in [0.15, 0.2) is 10.5 Å². The number of aliphatic hydroxyl groups excluding tert-OH is 1. The highest BCUT2D eigenvalue weighted by Gasteiger charge is 2.32. The number of ether oxygens (including phenoxy) is 1. The molecule has 2 fully saturated rings. The van der Waals surface area contributed by atoms with Crippen LogP contribution in [0.5, 0.6) is 0 Å². The van der Waals surface area contributed by atoms with E-state index in [1.807, 2.05) is 24.8 Å². The van der Waals surface area contributed by atoms with Gasteiger partial charge in [0.15, 0.2) is 0 Å². The molecule has 0 aromatic carbocycles. The van der Waals surface area contributed by atoms with Crippen LogP contribution in [0.4, 0.5) is 0 Å². The van der Waals surface area contributed by atoms with Crippen molar-refractivity contribution in [1.29, 1.82) is 0 Å². The van der Waals surface area contributed by atoms with Crippen LogP contribution in [0.3, 0.4) is 0 Å². The molecule has 2 atom stereocenters. The molecule has 134 valence electrons. The predicted octanol–water partition coefficient (Wildman–Crippen LogP) is 1.30. The van der Waals surface area contributed by atoms with Crippen LogP contribution >= 0.6 is 0 Å². The molecule has 24 heavy (non-hydrogen) atoms. The molecule has 2 saturated heterocycles. The molecule has 3 rings (SSSR count). The molecule has 6 heteroatoms. The Balaban J connectivity index is 1.68. The normalized spacial score (nSPS) is 25.9. The zero-order valence-corrected chi connectivity index (χ0v) is 14.7. The van der Waals surface area contributed by atoms with Gasteiger partial charge in [-0.2, -0.15) is 0 Å². The summed E-state index contributed by atoms with van der Waals surface area (Å²) in [6.45, 7) is 9.63. The Kier molecular flexibility index (Phi) is 5.58. The Bertz CT molecular complexity index is 565. The zero-order chi connectivity index (χ0) is 17.1. The van der Waals surface area contributed by atoms with Crippen molar-refractivity contribution in [2.75, 3.05) is 52.5 Å². The summed E-state index contributed by atoms with van der Waals surface area (Å²) in [6.07, 6.45) is 0.973. The maximum absolute atomic E-state index is 12.9. The van der Waals surface area contributed by atoms with Crippen LogP contribution in [0.25, 0.3) is 0 Å². The van der Waals surface area contributed by atoms with Gasteiger partial charge in [-0.25, -0.2) is 0 Å². The second-order valence-electron chi connectivity index (χ2n) is 7.10. The van der Waals surface area contributed by atoms with Crippen molar-refractivity contribution in [3.8, 4) is 0 Å². The first-order valence-corrected chi connectivity index (χ1v) is 8.84. The van der Waals surface area contributed by atoms with Crippen LogP contribution in [0, 0.1) is 25.7 Å². The first-order valence-electron chi connectivity index (χ1n) is 8.84. The van der Waals surface area contributed by atoms with Crippen LogP contribution in [-0.2, 0) is 4.74 Å². The lowest BCUT2D eigenvalue weighted by molar-refractivity contribution is 0.0130. The van der Waals surface area contributed by atoms with E-state index in [-0.39, 0.29) is 18.4 Å². The van der Waals surface area contributed by atoms with Gasteiger partial charge >= 0.3 is 0 Å². The van der Waals surface area contributed by atoms with Gasteiger partial charge < -0.3 is 19.2 Å². The first-order chi connectivity index (χ1) is 11.6. The van der Waals surface area contributed by atoms with Crippen molar-refractivity contribution in [3.63, 3.8) is 0 Å². The van der Waals surface area contributed by atoms with E-state index in [1.54, 1.807) is 0 Å². The molecule has 2 aliphatic heterocycles. The Morgan fingerprint density at radius 1 is 1.25 bits per heavy atom. The number of carbonyl (C=O) groups is 1. The zero-order valence-electron chi connectivity index (χ0n) is 14.7. The second kappa shape index (κ2) is 7.68. The van der Waals surface area contributed by atoms with E-state index in [2.05, 4.69) is 4.90 Å². The largest absolute Gasteiger partial charge is 0.466 e. The van der Waals surface area contributed by atoms with Gasteiger partial charge in [-0.1, -0.05) is 0 Å².